The molecule has 0 bridgehead atoms. The molecule has 0 aliphatic heterocycles. The number of halogens is 4. The number of aryl methyl sites for hydroxylation is 1. The van der Waals surface area contributed by atoms with Gasteiger partial charge in [0, 0.05) is 48.4 Å². The number of nitrogens with one attached hydrogen (secondary N) is 2. The molecule has 1 aromatic carbocycles. The lowest BCUT2D eigenvalue weighted by atomic mass is 9.88. The van der Waals surface area contributed by atoms with Crippen LogP contribution in [-0.2, 0) is 0 Å². The summed E-state index contributed by atoms with van der Waals surface area (Å²) in [4.78, 5) is 25.4. The topological polar surface area (TPSA) is 111 Å². The number of carbonyl (C=O) groups excluding carboxylic acids is 1. The number of hydrogen-bond donors (Lipinski definition) is 3. The second kappa shape index (κ2) is 10.2. The Morgan fingerprint density at radius 1 is 1.32 bits per heavy atom. The van der Waals surface area contributed by atoms with Gasteiger partial charge in [0.05, 0.1) is 6.04 Å². The summed E-state index contributed by atoms with van der Waals surface area (Å²) in [5, 5.41) is 5.79. The van der Waals surface area contributed by atoms with Crippen LogP contribution in [0.4, 0.5) is 19.1 Å². The first-order chi connectivity index (χ1) is 15.6. The number of nitrogens with zero attached hydrogens (tertiary/aromatic N) is 4. The van der Waals surface area contributed by atoms with E-state index in [2.05, 4.69) is 25.6 Å². The van der Waals surface area contributed by atoms with Gasteiger partial charge in [-0.1, -0.05) is 11.6 Å². The minimum atomic E-state index is -2.66. The number of hydrogen-bond acceptors (Lipinski definition) is 6. The molecule has 1 atom stereocenters. The normalized spacial score (nSPS) is 15.7. The Kier molecular flexibility index (Phi) is 7.74. The smallest absolute Gasteiger partial charge is 0.272 e. The molecule has 3 aromatic rings. The van der Waals surface area contributed by atoms with Crippen LogP contribution >= 0.6 is 25.1 Å². The van der Waals surface area contributed by atoms with Crippen LogP contribution in [0.2, 0.25) is 5.02 Å². The molecule has 0 radical (unpaired) electrons. The lowest BCUT2D eigenvalue weighted by molar-refractivity contribution is -0.0794. The van der Waals surface area contributed by atoms with Crippen molar-refractivity contribution in [3.8, 4) is 5.82 Å². The third-order valence-electron chi connectivity index (χ3n) is 5.26. The van der Waals surface area contributed by atoms with Crippen molar-refractivity contribution in [3.05, 3.63) is 64.6 Å². The zero-order valence-electron chi connectivity index (χ0n) is 18.0. The molecular formula is C21H23ClF3N7OS. The van der Waals surface area contributed by atoms with E-state index in [0.29, 0.717) is 16.9 Å². The number of imidazole rings is 1. The van der Waals surface area contributed by atoms with Gasteiger partial charge in [0.15, 0.2) is 0 Å². The average molecular weight is 514 g/mol. The molecular weight excluding hydrogens is 491 g/mol. The lowest BCUT2D eigenvalue weighted by Gasteiger charge is -2.35. The molecule has 4 N–H and O–H groups in total. The highest BCUT2D eigenvalue weighted by molar-refractivity contribution is 7.59. The van der Waals surface area contributed by atoms with E-state index < -0.39 is 29.7 Å². The number of benzene rings is 1. The number of alkyl halides is 2. The zero-order chi connectivity index (χ0) is 23.8. The quantitative estimate of drug-likeness (QED) is 0.446. The van der Waals surface area contributed by atoms with Gasteiger partial charge in [-0.25, -0.2) is 23.1 Å². The summed E-state index contributed by atoms with van der Waals surface area (Å²) in [6.45, 7) is 1.79. The molecule has 2 aromatic heterocycles. The fraction of sp³-hybridized carbons (Fsp3) is 0.333. The van der Waals surface area contributed by atoms with Crippen LogP contribution in [0.15, 0.2) is 36.9 Å². The number of rotatable bonds is 7. The zero-order valence-corrected chi connectivity index (χ0v) is 19.8. The Morgan fingerprint density at radius 3 is 2.71 bits per heavy atom. The highest BCUT2D eigenvalue weighted by Crippen LogP contribution is 2.38. The number of anilines is 1. The van der Waals surface area contributed by atoms with Crippen molar-refractivity contribution in [3.63, 3.8) is 0 Å². The number of aromatic nitrogens is 4. The van der Waals surface area contributed by atoms with E-state index in [1.165, 1.54) is 29.2 Å². The predicted molar refractivity (Wildman–Crippen MR) is 127 cm³/mol. The first-order valence-corrected chi connectivity index (χ1v) is 10.5. The maximum Gasteiger partial charge on any atom is 0.272 e. The van der Waals surface area contributed by atoms with Gasteiger partial charge in [0.25, 0.3) is 11.8 Å². The SMILES string of the molecule is Cc1cnc(NC2CC(F)(F)C2)nc1-n1cnc(C(=O)N[C@H](CN)c2cc(F)cc(Cl)c2)c1.S. The van der Waals surface area contributed by atoms with Crippen molar-refractivity contribution in [2.75, 3.05) is 11.9 Å². The monoisotopic (exact) mass is 513 g/mol. The molecule has 0 unspecified atom stereocenters. The molecule has 1 aliphatic rings. The molecule has 1 saturated carbocycles. The average Bonchev–Trinajstić information content (AvgIpc) is 3.21. The maximum atomic E-state index is 13.7. The van der Waals surface area contributed by atoms with Crippen LogP contribution in [0.25, 0.3) is 5.82 Å². The minimum Gasteiger partial charge on any atom is -0.351 e. The Bertz CT molecular complexity index is 1160. The summed E-state index contributed by atoms with van der Waals surface area (Å²) in [6, 6.07) is 2.86. The first kappa shape index (κ1) is 25.8. The molecule has 0 spiro atoms. The van der Waals surface area contributed by atoms with Gasteiger partial charge < -0.3 is 16.4 Å². The molecule has 1 amide bonds. The fourth-order valence-electron chi connectivity index (χ4n) is 3.55. The van der Waals surface area contributed by atoms with Crippen molar-refractivity contribution in [1.82, 2.24) is 24.8 Å². The van der Waals surface area contributed by atoms with Gasteiger partial charge in [0.2, 0.25) is 5.95 Å². The van der Waals surface area contributed by atoms with Gasteiger partial charge in [-0.15, -0.1) is 0 Å². The van der Waals surface area contributed by atoms with E-state index in [1.54, 1.807) is 13.1 Å². The Balaban J connectivity index is 0.00000324. The summed E-state index contributed by atoms with van der Waals surface area (Å²) in [7, 11) is 0. The standard InChI is InChI=1S/C21H21ClF3N7O.H2S/c1-11-8-27-20(29-15-5-21(24,25)6-15)31-18(11)32-9-17(28-10-32)19(33)30-16(7-26)12-2-13(22)4-14(23)3-12;/h2-4,8-10,15-16H,5-7,26H2,1H3,(H,30,33)(H,27,29,31);1H2/t16-;/m1./s1. The number of amides is 1. The summed E-state index contributed by atoms with van der Waals surface area (Å²) >= 11 is 5.90. The highest BCUT2D eigenvalue weighted by atomic mass is 35.5. The van der Waals surface area contributed by atoms with E-state index in [4.69, 9.17) is 17.3 Å². The van der Waals surface area contributed by atoms with Crippen LogP contribution in [0, 0.1) is 12.7 Å². The Labute approximate surface area is 205 Å². The highest BCUT2D eigenvalue weighted by Gasteiger charge is 2.45. The van der Waals surface area contributed by atoms with Crippen LogP contribution < -0.4 is 16.4 Å². The molecule has 4 rings (SSSR count). The van der Waals surface area contributed by atoms with E-state index in [1.807, 2.05) is 0 Å². The van der Waals surface area contributed by atoms with Gasteiger partial charge in [-0.2, -0.15) is 18.5 Å². The van der Waals surface area contributed by atoms with Gasteiger partial charge in [-0.05, 0) is 30.7 Å². The number of nitrogens with two attached hydrogens (primary N) is 1. The van der Waals surface area contributed by atoms with Crippen molar-refractivity contribution in [2.45, 2.75) is 37.8 Å². The van der Waals surface area contributed by atoms with Gasteiger partial charge in [0.1, 0.15) is 23.7 Å². The second-order valence-corrected chi connectivity index (χ2v) is 8.37. The lowest BCUT2D eigenvalue weighted by Crippen LogP contribution is -2.44. The summed E-state index contributed by atoms with van der Waals surface area (Å²) in [5.41, 5.74) is 6.97. The molecule has 13 heteroatoms. The molecule has 1 aliphatic carbocycles. The van der Waals surface area contributed by atoms with Crippen LogP contribution in [-0.4, -0.2) is 43.9 Å². The molecule has 182 valence electrons. The van der Waals surface area contributed by atoms with Gasteiger partial charge in [-0.3, -0.25) is 9.36 Å². The summed E-state index contributed by atoms with van der Waals surface area (Å²) in [5.74, 6) is -3.06. The summed E-state index contributed by atoms with van der Waals surface area (Å²) in [6.07, 6.45) is 3.89. The van der Waals surface area contributed by atoms with Crippen molar-refractivity contribution < 1.29 is 18.0 Å². The third kappa shape index (κ3) is 5.80. The van der Waals surface area contributed by atoms with Crippen LogP contribution in [0.5, 0.6) is 0 Å². The molecule has 0 saturated heterocycles. The van der Waals surface area contributed by atoms with E-state index in [9.17, 15) is 18.0 Å². The largest absolute Gasteiger partial charge is 0.351 e. The minimum absolute atomic E-state index is 0. The first-order valence-electron chi connectivity index (χ1n) is 10.1. The van der Waals surface area contributed by atoms with Crippen molar-refractivity contribution >= 4 is 37.0 Å². The van der Waals surface area contributed by atoms with Crippen LogP contribution in [0.1, 0.15) is 40.5 Å². The van der Waals surface area contributed by atoms with E-state index in [-0.39, 0.29) is 49.5 Å². The second-order valence-electron chi connectivity index (χ2n) is 7.94. The predicted octanol–water partition coefficient (Wildman–Crippen LogP) is 3.52. The Morgan fingerprint density at radius 2 is 2.06 bits per heavy atom. The molecule has 2 heterocycles. The maximum absolute atomic E-state index is 13.7. The van der Waals surface area contributed by atoms with Crippen molar-refractivity contribution in [2.24, 2.45) is 5.73 Å². The molecule has 1 fully saturated rings. The Hall–Kier alpha value is -2.83. The van der Waals surface area contributed by atoms with Crippen LogP contribution in [0.3, 0.4) is 0 Å². The summed E-state index contributed by atoms with van der Waals surface area (Å²) < 4.78 is 41.4. The van der Waals surface area contributed by atoms with Gasteiger partial charge >= 0.3 is 0 Å². The fourth-order valence-corrected chi connectivity index (χ4v) is 3.78. The molecule has 34 heavy (non-hydrogen) atoms. The van der Waals surface area contributed by atoms with E-state index >= 15 is 0 Å². The van der Waals surface area contributed by atoms with Crippen molar-refractivity contribution in [1.29, 1.82) is 0 Å². The third-order valence-corrected chi connectivity index (χ3v) is 5.47. The molecule has 8 nitrogen and oxygen atoms in total. The van der Waals surface area contributed by atoms with E-state index in [0.717, 1.165) is 6.07 Å². The number of carbonyl (C=O) groups is 1.